The molecule has 1 aliphatic rings. The van der Waals surface area contributed by atoms with Crippen LogP contribution < -0.4 is 10.2 Å². The Morgan fingerprint density at radius 1 is 1.21 bits per heavy atom. The summed E-state index contributed by atoms with van der Waals surface area (Å²) in [6.45, 7) is 1.87. The quantitative estimate of drug-likeness (QED) is 0.556. The fourth-order valence-corrected chi connectivity index (χ4v) is 3.49. The van der Waals surface area contributed by atoms with E-state index in [2.05, 4.69) is 20.0 Å². The molecule has 0 bridgehead atoms. The summed E-state index contributed by atoms with van der Waals surface area (Å²) in [7, 11) is 0. The summed E-state index contributed by atoms with van der Waals surface area (Å²) in [6, 6.07) is 10.9. The number of ketones is 1. The standard InChI is InChI=1S/C23H21FN4O5/c1-14(29)2-8-18-12-28(23(31)33-18)17-7-9-19(20(24)10-17)15-3-5-16(6-4-15)22(30)25-11-21-26-13-32-27-21/h3-7,9-10,13,18H,2,8,11-12H2,1H3,(H,25,30)/t18-/m0/s1. The zero-order valence-corrected chi connectivity index (χ0v) is 17.8. The highest BCUT2D eigenvalue weighted by atomic mass is 19.1. The second-order valence-corrected chi connectivity index (χ2v) is 7.63. The van der Waals surface area contributed by atoms with E-state index in [-0.39, 0.29) is 24.8 Å². The fourth-order valence-electron chi connectivity index (χ4n) is 3.49. The van der Waals surface area contributed by atoms with E-state index in [1.165, 1.54) is 24.3 Å². The molecule has 0 spiro atoms. The van der Waals surface area contributed by atoms with Crippen molar-refractivity contribution in [2.75, 3.05) is 11.4 Å². The van der Waals surface area contributed by atoms with Gasteiger partial charge in [-0.3, -0.25) is 9.69 Å². The number of hydrogen-bond donors (Lipinski definition) is 1. The van der Waals surface area contributed by atoms with Gasteiger partial charge in [-0.15, -0.1) is 0 Å². The van der Waals surface area contributed by atoms with Crippen LogP contribution >= 0.6 is 0 Å². The Balaban J connectivity index is 1.42. The van der Waals surface area contributed by atoms with Gasteiger partial charge in [0.2, 0.25) is 6.39 Å². The molecule has 0 aliphatic carbocycles. The third-order valence-corrected chi connectivity index (χ3v) is 5.23. The molecule has 9 nitrogen and oxygen atoms in total. The molecule has 2 heterocycles. The molecular formula is C23H21FN4O5. The smallest absolute Gasteiger partial charge is 0.414 e. The molecule has 3 aromatic rings. The zero-order valence-electron chi connectivity index (χ0n) is 17.8. The molecule has 2 aromatic carbocycles. The van der Waals surface area contributed by atoms with Gasteiger partial charge in [-0.05, 0) is 49.2 Å². The van der Waals surface area contributed by atoms with Gasteiger partial charge in [-0.25, -0.2) is 9.18 Å². The largest absolute Gasteiger partial charge is 0.444 e. The van der Waals surface area contributed by atoms with Crippen LogP contribution in [0, 0.1) is 5.82 Å². The van der Waals surface area contributed by atoms with Gasteiger partial charge >= 0.3 is 6.09 Å². The fraction of sp³-hybridized carbons (Fsp3) is 0.261. The van der Waals surface area contributed by atoms with Gasteiger partial charge in [0, 0.05) is 17.5 Å². The first-order chi connectivity index (χ1) is 15.9. The maximum absolute atomic E-state index is 14.9. The minimum atomic E-state index is -0.563. The van der Waals surface area contributed by atoms with Crippen LogP contribution in [0.1, 0.15) is 35.9 Å². The molecular weight excluding hydrogens is 431 g/mol. The minimum Gasteiger partial charge on any atom is -0.444 e. The number of hydrogen-bond acceptors (Lipinski definition) is 7. The first kappa shape index (κ1) is 22.1. The number of cyclic esters (lactones) is 1. The van der Waals surface area contributed by atoms with Gasteiger partial charge in [0.1, 0.15) is 17.7 Å². The van der Waals surface area contributed by atoms with Crippen molar-refractivity contribution in [3.05, 3.63) is 66.1 Å². The Hall–Kier alpha value is -4.08. The summed E-state index contributed by atoms with van der Waals surface area (Å²) < 4.78 is 24.8. The lowest BCUT2D eigenvalue weighted by Gasteiger charge is -2.14. The number of rotatable bonds is 8. The van der Waals surface area contributed by atoms with Gasteiger partial charge in [0.05, 0.1) is 18.8 Å². The van der Waals surface area contributed by atoms with E-state index in [1.54, 1.807) is 36.4 Å². The van der Waals surface area contributed by atoms with E-state index in [9.17, 15) is 18.8 Å². The van der Waals surface area contributed by atoms with Gasteiger partial charge in [-0.2, -0.15) is 4.98 Å². The lowest BCUT2D eigenvalue weighted by atomic mass is 10.0. The Morgan fingerprint density at radius 2 is 2.00 bits per heavy atom. The third kappa shape index (κ3) is 5.22. The van der Waals surface area contributed by atoms with Crippen LogP contribution in [-0.2, 0) is 16.1 Å². The third-order valence-electron chi connectivity index (χ3n) is 5.23. The van der Waals surface area contributed by atoms with E-state index in [4.69, 9.17) is 4.74 Å². The highest BCUT2D eigenvalue weighted by Gasteiger charge is 2.32. The molecule has 4 rings (SSSR count). The second-order valence-electron chi connectivity index (χ2n) is 7.63. The van der Waals surface area contributed by atoms with Gasteiger partial charge < -0.3 is 19.4 Å². The highest BCUT2D eigenvalue weighted by Crippen LogP contribution is 2.30. The van der Waals surface area contributed by atoms with Crippen molar-refractivity contribution in [2.24, 2.45) is 0 Å². The summed E-state index contributed by atoms with van der Waals surface area (Å²) in [5.41, 5.74) is 1.69. The van der Waals surface area contributed by atoms with Crippen molar-refractivity contribution in [1.82, 2.24) is 15.5 Å². The monoisotopic (exact) mass is 452 g/mol. The number of anilines is 1. The number of nitrogens with one attached hydrogen (secondary N) is 1. The molecule has 0 saturated carbocycles. The van der Waals surface area contributed by atoms with Crippen molar-refractivity contribution in [3.63, 3.8) is 0 Å². The molecule has 1 N–H and O–H groups in total. The Morgan fingerprint density at radius 3 is 2.67 bits per heavy atom. The normalized spacial score (nSPS) is 15.4. The Kier molecular flexibility index (Phi) is 6.43. The molecule has 2 amide bonds. The van der Waals surface area contributed by atoms with E-state index in [0.29, 0.717) is 41.0 Å². The Bertz CT molecular complexity index is 1160. The van der Waals surface area contributed by atoms with Crippen molar-refractivity contribution >= 4 is 23.5 Å². The van der Waals surface area contributed by atoms with Crippen LogP contribution in [0.4, 0.5) is 14.9 Å². The topological polar surface area (TPSA) is 115 Å². The maximum atomic E-state index is 14.9. The number of benzene rings is 2. The van der Waals surface area contributed by atoms with Crippen molar-refractivity contribution in [2.45, 2.75) is 32.4 Å². The van der Waals surface area contributed by atoms with Crippen molar-refractivity contribution in [1.29, 1.82) is 0 Å². The average Bonchev–Trinajstić information content (AvgIpc) is 3.45. The second kappa shape index (κ2) is 9.60. The summed E-state index contributed by atoms with van der Waals surface area (Å²) in [5.74, 6) is -0.458. The SMILES string of the molecule is CC(=O)CC[C@H]1CN(c2ccc(-c3ccc(C(=O)NCc4ncon4)cc3)c(F)c2)C(=O)O1. The highest BCUT2D eigenvalue weighted by molar-refractivity contribution is 5.94. The van der Waals surface area contributed by atoms with E-state index < -0.39 is 18.0 Å². The first-order valence-electron chi connectivity index (χ1n) is 10.3. The van der Waals surface area contributed by atoms with E-state index in [1.807, 2.05) is 0 Å². The molecule has 1 aromatic heterocycles. The number of aromatic nitrogens is 2. The number of carbonyl (C=O) groups excluding carboxylic acids is 3. The maximum Gasteiger partial charge on any atom is 0.414 e. The van der Waals surface area contributed by atoms with Crippen molar-refractivity contribution < 1.29 is 28.0 Å². The van der Waals surface area contributed by atoms with Crippen LogP contribution in [0.5, 0.6) is 0 Å². The average molecular weight is 452 g/mol. The number of Topliss-reactive ketones (excluding diaryl/α,β-unsaturated/α-hetero) is 1. The zero-order chi connectivity index (χ0) is 23.4. The predicted octanol–water partition coefficient (Wildman–Crippen LogP) is 3.50. The van der Waals surface area contributed by atoms with E-state index >= 15 is 0 Å². The van der Waals surface area contributed by atoms with Gasteiger partial charge in [0.15, 0.2) is 5.82 Å². The number of nitrogens with zero attached hydrogens (tertiary/aromatic N) is 3. The summed E-state index contributed by atoms with van der Waals surface area (Å²) >= 11 is 0. The molecule has 0 radical (unpaired) electrons. The molecule has 1 fully saturated rings. The van der Waals surface area contributed by atoms with Crippen LogP contribution in [0.3, 0.4) is 0 Å². The van der Waals surface area contributed by atoms with Gasteiger partial charge in [0.25, 0.3) is 5.91 Å². The predicted molar refractivity (Wildman–Crippen MR) is 115 cm³/mol. The molecule has 10 heteroatoms. The number of carbonyl (C=O) groups is 3. The van der Waals surface area contributed by atoms with Crippen LogP contribution in [0.2, 0.25) is 0 Å². The van der Waals surface area contributed by atoms with E-state index in [0.717, 1.165) is 0 Å². The Labute approximate surface area is 188 Å². The van der Waals surface area contributed by atoms with Crippen LogP contribution in [0.25, 0.3) is 11.1 Å². The van der Waals surface area contributed by atoms with Crippen molar-refractivity contribution in [3.8, 4) is 11.1 Å². The molecule has 1 saturated heterocycles. The molecule has 33 heavy (non-hydrogen) atoms. The van der Waals surface area contributed by atoms with Crippen LogP contribution in [0.15, 0.2) is 53.4 Å². The summed E-state index contributed by atoms with van der Waals surface area (Å²) in [6.07, 6.45) is 0.974. The lowest BCUT2D eigenvalue weighted by Crippen LogP contribution is -2.24. The minimum absolute atomic E-state index is 0.0235. The summed E-state index contributed by atoms with van der Waals surface area (Å²) in [5, 5.41) is 6.28. The molecule has 170 valence electrons. The van der Waals surface area contributed by atoms with Gasteiger partial charge in [-0.1, -0.05) is 17.3 Å². The number of amides is 2. The number of halogens is 1. The molecule has 0 unspecified atom stereocenters. The van der Waals surface area contributed by atoms with Crippen LogP contribution in [-0.4, -0.2) is 40.6 Å². The number of ether oxygens (including phenoxy) is 1. The summed E-state index contributed by atoms with van der Waals surface area (Å²) in [4.78, 5) is 40.8. The molecule has 1 atom stereocenters. The molecule has 1 aliphatic heterocycles. The lowest BCUT2D eigenvalue weighted by molar-refractivity contribution is -0.117. The first-order valence-corrected chi connectivity index (χ1v) is 10.3.